The Morgan fingerprint density at radius 2 is 1.79 bits per heavy atom. The molecule has 19 heavy (non-hydrogen) atoms. The SMILES string of the molecule is COCCN1CCN(CC(=O)NC2CCCC2)CC1. The summed E-state index contributed by atoms with van der Waals surface area (Å²) in [7, 11) is 1.74. The van der Waals surface area contributed by atoms with Gasteiger partial charge in [0, 0.05) is 45.9 Å². The lowest BCUT2D eigenvalue weighted by Gasteiger charge is -2.34. The fraction of sp³-hybridized carbons (Fsp3) is 0.929. The quantitative estimate of drug-likeness (QED) is 0.754. The zero-order chi connectivity index (χ0) is 13.5. The summed E-state index contributed by atoms with van der Waals surface area (Å²) >= 11 is 0. The van der Waals surface area contributed by atoms with Gasteiger partial charge in [-0.3, -0.25) is 14.6 Å². The van der Waals surface area contributed by atoms with E-state index in [1.165, 1.54) is 12.8 Å². The first-order valence-corrected chi connectivity index (χ1v) is 7.51. The van der Waals surface area contributed by atoms with E-state index >= 15 is 0 Å². The molecule has 1 heterocycles. The van der Waals surface area contributed by atoms with Crippen molar-refractivity contribution in [3.63, 3.8) is 0 Å². The van der Waals surface area contributed by atoms with Crippen LogP contribution < -0.4 is 5.32 Å². The lowest BCUT2D eigenvalue weighted by Crippen LogP contribution is -2.50. The number of hydrogen-bond acceptors (Lipinski definition) is 4. The van der Waals surface area contributed by atoms with E-state index in [0.29, 0.717) is 12.6 Å². The number of nitrogens with one attached hydrogen (secondary N) is 1. The Morgan fingerprint density at radius 3 is 2.42 bits per heavy atom. The normalized spacial score (nSPS) is 22.8. The van der Waals surface area contributed by atoms with Crippen LogP contribution in [0.4, 0.5) is 0 Å². The van der Waals surface area contributed by atoms with Gasteiger partial charge >= 0.3 is 0 Å². The molecule has 1 N–H and O–H groups in total. The van der Waals surface area contributed by atoms with Gasteiger partial charge in [-0.25, -0.2) is 0 Å². The van der Waals surface area contributed by atoms with Crippen molar-refractivity contribution in [1.82, 2.24) is 15.1 Å². The fourth-order valence-corrected chi connectivity index (χ4v) is 2.94. The van der Waals surface area contributed by atoms with Crippen LogP contribution in [0.1, 0.15) is 25.7 Å². The van der Waals surface area contributed by atoms with Crippen LogP contribution in [0.25, 0.3) is 0 Å². The van der Waals surface area contributed by atoms with E-state index in [1.807, 2.05) is 0 Å². The van der Waals surface area contributed by atoms with Crippen LogP contribution in [-0.4, -0.2) is 74.7 Å². The highest BCUT2D eigenvalue weighted by atomic mass is 16.5. The molecule has 0 spiro atoms. The first-order valence-electron chi connectivity index (χ1n) is 7.51. The number of methoxy groups -OCH3 is 1. The number of amides is 1. The number of piperazine rings is 1. The minimum atomic E-state index is 0.206. The van der Waals surface area contributed by atoms with Crippen molar-refractivity contribution in [2.24, 2.45) is 0 Å². The number of ether oxygens (including phenoxy) is 1. The van der Waals surface area contributed by atoms with Crippen LogP contribution in [0.3, 0.4) is 0 Å². The molecule has 0 atom stereocenters. The van der Waals surface area contributed by atoms with Gasteiger partial charge in [0.1, 0.15) is 0 Å². The second kappa shape index (κ2) is 7.82. The summed E-state index contributed by atoms with van der Waals surface area (Å²) in [6.45, 7) is 6.42. The van der Waals surface area contributed by atoms with Gasteiger partial charge in [-0.1, -0.05) is 12.8 Å². The molecule has 2 aliphatic rings. The Hall–Kier alpha value is -0.650. The molecule has 2 fully saturated rings. The van der Waals surface area contributed by atoms with Crippen molar-refractivity contribution in [1.29, 1.82) is 0 Å². The van der Waals surface area contributed by atoms with Crippen molar-refractivity contribution in [2.45, 2.75) is 31.7 Å². The van der Waals surface area contributed by atoms with Crippen LogP contribution in [0.15, 0.2) is 0 Å². The topological polar surface area (TPSA) is 44.8 Å². The van der Waals surface area contributed by atoms with Crippen LogP contribution in [-0.2, 0) is 9.53 Å². The first kappa shape index (κ1) is 14.8. The summed E-state index contributed by atoms with van der Waals surface area (Å²) in [5.74, 6) is 0.206. The van der Waals surface area contributed by atoms with E-state index in [2.05, 4.69) is 15.1 Å². The highest BCUT2D eigenvalue weighted by molar-refractivity contribution is 5.78. The van der Waals surface area contributed by atoms with E-state index < -0.39 is 0 Å². The van der Waals surface area contributed by atoms with Crippen molar-refractivity contribution < 1.29 is 9.53 Å². The third-order valence-corrected chi connectivity index (χ3v) is 4.16. The number of hydrogen-bond donors (Lipinski definition) is 1. The Kier molecular flexibility index (Phi) is 6.07. The maximum Gasteiger partial charge on any atom is 0.234 e. The molecule has 1 aliphatic carbocycles. The predicted octanol–water partition coefficient (Wildman–Crippen LogP) is 0.309. The van der Waals surface area contributed by atoms with E-state index in [4.69, 9.17) is 4.74 Å². The second-order valence-corrected chi connectivity index (χ2v) is 5.66. The van der Waals surface area contributed by atoms with Crippen LogP contribution in [0.5, 0.6) is 0 Å². The molecule has 0 unspecified atom stereocenters. The Balaban J connectivity index is 1.60. The van der Waals surface area contributed by atoms with E-state index in [9.17, 15) is 4.79 Å². The van der Waals surface area contributed by atoms with E-state index in [0.717, 1.165) is 52.2 Å². The lowest BCUT2D eigenvalue weighted by atomic mass is 10.2. The minimum absolute atomic E-state index is 0.206. The molecule has 1 saturated heterocycles. The third kappa shape index (κ3) is 5.09. The molecule has 1 saturated carbocycles. The number of carbonyl (C=O) groups is 1. The molecule has 110 valence electrons. The molecule has 0 aromatic rings. The summed E-state index contributed by atoms with van der Waals surface area (Å²) in [6, 6.07) is 0.440. The number of rotatable bonds is 6. The zero-order valence-electron chi connectivity index (χ0n) is 12.1. The molecule has 0 radical (unpaired) electrons. The summed E-state index contributed by atoms with van der Waals surface area (Å²) in [5, 5.41) is 3.16. The third-order valence-electron chi connectivity index (χ3n) is 4.16. The summed E-state index contributed by atoms with van der Waals surface area (Å²) < 4.78 is 5.09. The monoisotopic (exact) mass is 269 g/mol. The van der Waals surface area contributed by atoms with Crippen molar-refractivity contribution in [3.05, 3.63) is 0 Å². The summed E-state index contributed by atoms with van der Waals surface area (Å²) in [6.07, 6.45) is 4.86. The molecular weight excluding hydrogens is 242 g/mol. The highest BCUT2D eigenvalue weighted by Crippen LogP contribution is 2.17. The molecule has 0 aromatic carbocycles. The van der Waals surface area contributed by atoms with Gasteiger partial charge < -0.3 is 10.1 Å². The van der Waals surface area contributed by atoms with Gasteiger partial charge in [-0.15, -0.1) is 0 Å². The van der Waals surface area contributed by atoms with Crippen LogP contribution in [0, 0.1) is 0 Å². The zero-order valence-corrected chi connectivity index (χ0v) is 12.1. The molecule has 5 heteroatoms. The summed E-state index contributed by atoms with van der Waals surface area (Å²) in [5.41, 5.74) is 0. The second-order valence-electron chi connectivity index (χ2n) is 5.66. The van der Waals surface area contributed by atoms with Gasteiger partial charge in [0.25, 0.3) is 0 Å². The van der Waals surface area contributed by atoms with Crippen LogP contribution >= 0.6 is 0 Å². The largest absolute Gasteiger partial charge is 0.383 e. The molecule has 1 aliphatic heterocycles. The smallest absolute Gasteiger partial charge is 0.234 e. The average Bonchev–Trinajstić information content (AvgIpc) is 2.90. The Morgan fingerprint density at radius 1 is 1.16 bits per heavy atom. The minimum Gasteiger partial charge on any atom is -0.383 e. The molecule has 2 rings (SSSR count). The van der Waals surface area contributed by atoms with Gasteiger partial charge in [0.2, 0.25) is 5.91 Å². The average molecular weight is 269 g/mol. The van der Waals surface area contributed by atoms with Crippen molar-refractivity contribution in [2.75, 3.05) is 53.0 Å². The summed E-state index contributed by atoms with van der Waals surface area (Å²) in [4.78, 5) is 16.6. The Bertz CT molecular complexity index is 272. The van der Waals surface area contributed by atoms with E-state index in [1.54, 1.807) is 7.11 Å². The lowest BCUT2D eigenvalue weighted by molar-refractivity contribution is -0.123. The fourth-order valence-electron chi connectivity index (χ4n) is 2.94. The first-order chi connectivity index (χ1) is 9.28. The van der Waals surface area contributed by atoms with E-state index in [-0.39, 0.29) is 5.91 Å². The highest BCUT2D eigenvalue weighted by Gasteiger charge is 2.21. The molecule has 5 nitrogen and oxygen atoms in total. The maximum atomic E-state index is 11.9. The molecule has 1 amide bonds. The number of carbonyl (C=O) groups excluding carboxylic acids is 1. The van der Waals surface area contributed by atoms with Gasteiger partial charge in [-0.2, -0.15) is 0 Å². The van der Waals surface area contributed by atoms with Gasteiger partial charge in [0.05, 0.1) is 13.2 Å². The maximum absolute atomic E-state index is 11.9. The van der Waals surface area contributed by atoms with Crippen molar-refractivity contribution >= 4 is 5.91 Å². The Labute approximate surface area is 116 Å². The molecular formula is C14H27N3O2. The van der Waals surface area contributed by atoms with Crippen molar-refractivity contribution in [3.8, 4) is 0 Å². The molecule has 0 aromatic heterocycles. The standard InChI is InChI=1S/C14H27N3O2/c1-19-11-10-16-6-8-17(9-7-16)12-14(18)15-13-4-2-3-5-13/h13H,2-12H2,1H3,(H,15,18). The number of nitrogens with zero attached hydrogens (tertiary/aromatic N) is 2. The van der Waals surface area contributed by atoms with Gasteiger partial charge in [0.15, 0.2) is 0 Å². The molecule has 0 bridgehead atoms. The predicted molar refractivity (Wildman–Crippen MR) is 75.2 cm³/mol. The van der Waals surface area contributed by atoms with Crippen LogP contribution in [0.2, 0.25) is 0 Å². The van der Waals surface area contributed by atoms with Gasteiger partial charge in [-0.05, 0) is 12.8 Å².